The molecule has 2 atom stereocenters. The van der Waals surface area contributed by atoms with Gasteiger partial charge in [-0.1, -0.05) is 48.5 Å². The Morgan fingerprint density at radius 3 is 2.23 bits per heavy atom. The highest BCUT2D eigenvalue weighted by molar-refractivity contribution is 7.92. The SMILES string of the molecule is CS(=O)(=O)Nc1cc(C[C@H](O)CNC(Cc2ccccc2)c2cccc(C#N)c2)ccc1O.O=C(O)C(F)(F)F. The second-order valence-corrected chi connectivity index (χ2v) is 10.5. The highest BCUT2D eigenvalue weighted by Crippen LogP contribution is 2.26. The molecule has 5 N–H and O–H groups in total. The number of hydrogen-bond acceptors (Lipinski definition) is 7. The van der Waals surface area contributed by atoms with E-state index in [9.17, 15) is 37.1 Å². The van der Waals surface area contributed by atoms with Crippen LogP contribution in [0.3, 0.4) is 0 Å². The highest BCUT2D eigenvalue weighted by Gasteiger charge is 2.38. The van der Waals surface area contributed by atoms with E-state index in [2.05, 4.69) is 16.1 Å². The van der Waals surface area contributed by atoms with E-state index in [-0.39, 0.29) is 30.4 Å². The van der Waals surface area contributed by atoms with Gasteiger partial charge in [-0.25, -0.2) is 13.2 Å². The van der Waals surface area contributed by atoms with Crippen molar-refractivity contribution in [2.45, 2.75) is 31.2 Å². The number of aliphatic hydroxyl groups is 1. The van der Waals surface area contributed by atoms with Crippen LogP contribution in [-0.2, 0) is 27.7 Å². The molecule has 0 aromatic heterocycles. The lowest BCUT2D eigenvalue weighted by molar-refractivity contribution is -0.192. The van der Waals surface area contributed by atoms with Gasteiger partial charge in [-0.15, -0.1) is 0 Å². The maximum absolute atomic E-state index is 11.5. The van der Waals surface area contributed by atoms with E-state index in [0.717, 1.165) is 17.4 Å². The third-order valence-electron chi connectivity index (χ3n) is 5.37. The summed E-state index contributed by atoms with van der Waals surface area (Å²) in [6.45, 7) is 0.282. The largest absolute Gasteiger partial charge is 0.506 e. The molecule has 0 aliphatic rings. The molecule has 0 heterocycles. The standard InChI is InChI=1S/C25H27N3O4S.C2HF3O2/c1-33(31,32)28-24-15-19(10-11-25(24)30)13-22(29)17-27-23(14-18-6-3-2-4-7-18)21-9-5-8-20(12-21)16-26;3-2(4,5)1(6)7/h2-12,15,22-23,27-30H,13-14,17H2,1H3;(H,6,7)/t22-,23?;/m0./s1. The number of phenols is 1. The Bertz CT molecular complexity index is 1430. The Morgan fingerprint density at radius 1 is 1.00 bits per heavy atom. The van der Waals surface area contributed by atoms with Crippen LogP contribution in [0.4, 0.5) is 18.9 Å². The summed E-state index contributed by atoms with van der Waals surface area (Å²) in [4.78, 5) is 8.90. The molecule has 0 saturated carbocycles. The molecule has 9 nitrogen and oxygen atoms in total. The number of aromatic hydroxyl groups is 1. The van der Waals surface area contributed by atoms with Gasteiger partial charge in [0.2, 0.25) is 10.0 Å². The summed E-state index contributed by atoms with van der Waals surface area (Å²) >= 11 is 0. The van der Waals surface area contributed by atoms with Gasteiger partial charge >= 0.3 is 12.1 Å². The molecule has 40 heavy (non-hydrogen) atoms. The van der Waals surface area contributed by atoms with Crippen LogP contribution in [0.5, 0.6) is 5.75 Å². The summed E-state index contributed by atoms with van der Waals surface area (Å²) in [6, 6.07) is 24.0. The van der Waals surface area contributed by atoms with E-state index in [4.69, 9.17) is 9.90 Å². The van der Waals surface area contributed by atoms with Crippen molar-refractivity contribution < 1.29 is 41.7 Å². The van der Waals surface area contributed by atoms with Crippen LogP contribution in [0.25, 0.3) is 0 Å². The molecule has 214 valence electrons. The number of carboxylic acid groups (broad SMARTS) is 1. The van der Waals surface area contributed by atoms with Crippen molar-refractivity contribution in [3.63, 3.8) is 0 Å². The van der Waals surface area contributed by atoms with Crippen LogP contribution < -0.4 is 10.0 Å². The molecule has 0 aliphatic heterocycles. The van der Waals surface area contributed by atoms with E-state index in [0.29, 0.717) is 17.5 Å². The van der Waals surface area contributed by atoms with Crippen molar-refractivity contribution in [2.24, 2.45) is 0 Å². The van der Waals surface area contributed by atoms with Crippen molar-refractivity contribution >= 4 is 21.7 Å². The third-order valence-corrected chi connectivity index (χ3v) is 5.96. The highest BCUT2D eigenvalue weighted by atomic mass is 32.2. The first kappa shape index (κ1) is 32.1. The molecule has 0 aliphatic carbocycles. The van der Waals surface area contributed by atoms with E-state index in [1.54, 1.807) is 12.1 Å². The average Bonchev–Trinajstić information content (AvgIpc) is 2.88. The minimum atomic E-state index is -5.08. The molecule has 0 radical (unpaired) electrons. The van der Waals surface area contributed by atoms with E-state index in [1.165, 1.54) is 12.1 Å². The Hall–Kier alpha value is -4.12. The number of nitriles is 1. The van der Waals surface area contributed by atoms with Crippen LogP contribution in [0, 0.1) is 11.3 Å². The fourth-order valence-electron chi connectivity index (χ4n) is 3.60. The Labute approximate surface area is 229 Å². The second kappa shape index (κ2) is 14.3. The number of carbonyl (C=O) groups is 1. The predicted molar refractivity (Wildman–Crippen MR) is 142 cm³/mol. The number of benzene rings is 3. The van der Waals surface area contributed by atoms with Gasteiger partial charge in [0.05, 0.1) is 29.7 Å². The zero-order chi connectivity index (χ0) is 29.9. The number of aliphatic carboxylic acids is 1. The molecular weight excluding hydrogens is 551 g/mol. The molecule has 3 rings (SSSR count). The number of carboxylic acids is 1. The monoisotopic (exact) mass is 579 g/mol. The summed E-state index contributed by atoms with van der Waals surface area (Å²) in [5, 5.41) is 40.3. The van der Waals surface area contributed by atoms with Gasteiger partial charge in [-0.2, -0.15) is 18.4 Å². The van der Waals surface area contributed by atoms with Gasteiger partial charge in [0.1, 0.15) is 5.75 Å². The Kier molecular flexibility index (Phi) is 11.5. The van der Waals surface area contributed by atoms with Gasteiger partial charge in [-0.05, 0) is 53.8 Å². The molecule has 0 spiro atoms. The summed E-state index contributed by atoms with van der Waals surface area (Å²) in [6.07, 6.45) is -3.88. The quantitative estimate of drug-likeness (QED) is 0.227. The van der Waals surface area contributed by atoms with Crippen molar-refractivity contribution in [3.05, 3.63) is 95.1 Å². The van der Waals surface area contributed by atoms with Crippen LogP contribution in [-0.4, -0.2) is 54.8 Å². The maximum Gasteiger partial charge on any atom is 0.490 e. The number of hydrogen-bond donors (Lipinski definition) is 5. The first-order chi connectivity index (χ1) is 18.7. The molecule has 1 unspecified atom stereocenters. The van der Waals surface area contributed by atoms with Gasteiger partial charge in [0.15, 0.2) is 0 Å². The summed E-state index contributed by atoms with van der Waals surface area (Å²) in [5.41, 5.74) is 3.41. The zero-order valence-electron chi connectivity index (χ0n) is 21.3. The van der Waals surface area contributed by atoms with Gasteiger partial charge in [0, 0.05) is 12.6 Å². The second-order valence-electron chi connectivity index (χ2n) is 8.77. The summed E-state index contributed by atoms with van der Waals surface area (Å²) in [5.74, 6) is -2.94. The molecular formula is C27H28F3N3O6S. The number of phenolic OH excluding ortho intramolecular Hbond substituents is 1. The number of sulfonamides is 1. The van der Waals surface area contributed by atoms with E-state index < -0.39 is 28.3 Å². The molecule has 0 fully saturated rings. The number of aliphatic hydroxyl groups excluding tert-OH is 1. The molecule has 0 bridgehead atoms. The number of nitrogens with one attached hydrogen (secondary N) is 2. The Morgan fingerprint density at radius 2 is 1.65 bits per heavy atom. The minimum Gasteiger partial charge on any atom is -0.506 e. The number of alkyl halides is 3. The lowest BCUT2D eigenvalue weighted by atomic mass is 9.97. The molecule has 3 aromatic carbocycles. The zero-order valence-corrected chi connectivity index (χ0v) is 22.1. The van der Waals surface area contributed by atoms with Gasteiger partial charge in [-0.3, -0.25) is 4.72 Å². The molecule has 3 aromatic rings. The summed E-state index contributed by atoms with van der Waals surface area (Å²) in [7, 11) is -3.54. The minimum absolute atomic E-state index is 0.0745. The fraction of sp³-hybridized carbons (Fsp3) is 0.259. The van der Waals surface area contributed by atoms with Gasteiger partial charge < -0.3 is 20.6 Å². The van der Waals surface area contributed by atoms with Crippen molar-refractivity contribution in [1.82, 2.24) is 5.32 Å². The first-order valence-electron chi connectivity index (χ1n) is 11.7. The Balaban J connectivity index is 0.000000708. The molecule has 13 heteroatoms. The first-order valence-corrected chi connectivity index (χ1v) is 13.6. The molecule has 0 amide bonds. The van der Waals surface area contributed by atoms with E-state index >= 15 is 0 Å². The van der Waals surface area contributed by atoms with Crippen LogP contribution >= 0.6 is 0 Å². The van der Waals surface area contributed by atoms with E-state index in [1.807, 2.05) is 48.5 Å². The smallest absolute Gasteiger partial charge is 0.490 e. The fourth-order valence-corrected chi connectivity index (χ4v) is 4.16. The normalized spacial score (nSPS) is 12.8. The lowest BCUT2D eigenvalue weighted by Gasteiger charge is -2.22. The maximum atomic E-state index is 11.5. The average molecular weight is 580 g/mol. The number of nitrogens with zero attached hydrogens (tertiary/aromatic N) is 1. The van der Waals surface area contributed by atoms with Crippen LogP contribution in [0.2, 0.25) is 0 Å². The number of rotatable bonds is 10. The number of halogens is 3. The summed E-state index contributed by atoms with van der Waals surface area (Å²) < 4.78 is 57.0. The van der Waals surface area contributed by atoms with Crippen molar-refractivity contribution in [3.8, 4) is 11.8 Å². The topological polar surface area (TPSA) is 160 Å². The predicted octanol–water partition coefficient (Wildman–Crippen LogP) is 3.75. The van der Waals surface area contributed by atoms with Crippen LogP contribution in [0.15, 0.2) is 72.8 Å². The van der Waals surface area contributed by atoms with Crippen LogP contribution in [0.1, 0.15) is 28.3 Å². The third kappa shape index (κ3) is 11.3. The van der Waals surface area contributed by atoms with Crippen molar-refractivity contribution in [2.75, 3.05) is 17.5 Å². The lowest BCUT2D eigenvalue weighted by Crippen LogP contribution is -2.32. The molecule has 0 saturated heterocycles. The van der Waals surface area contributed by atoms with Crippen molar-refractivity contribution in [1.29, 1.82) is 5.26 Å². The number of anilines is 1. The van der Waals surface area contributed by atoms with Gasteiger partial charge in [0.25, 0.3) is 0 Å².